The molecule has 0 aromatic carbocycles. The third-order valence-corrected chi connectivity index (χ3v) is 1.03. The molecule has 11 heavy (non-hydrogen) atoms. The van der Waals surface area contributed by atoms with E-state index in [1.54, 1.807) is 13.8 Å². The Hall–Kier alpha value is -0.680. The maximum atomic E-state index is 9.12. The van der Waals surface area contributed by atoms with Gasteiger partial charge in [0.15, 0.2) is 0 Å². The van der Waals surface area contributed by atoms with E-state index in [4.69, 9.17) is 9.84 Å². The summed E-state index contributed by atoms with van der Waals surface area (Å²) < 4.78 is 4.93. The number of hydrogen-bond acceptors (Lipinski definition) is 2. The van der Waals surface area contributed by atoms with Crippen molar-refractivity contribution in [2.45, 2.75) is 39.2 Å². The van der Waals surface area contributed by atoms with Gasteiger partial charge in [0.05, 0.1) is 0 Å². The van der Waals surface area contributed by atoms with Gasteiger partial charge in [0.25, 0.3) is 0 Å². The Morgan fingerprint density at radius 1 is 1.45 bits per heavy atom. The van der Waals surface area contributed by atoms with Gasteiger partial charge in [-0.25, -0.2) is 0 Å². The second-order valence-electron chi connectivity index (χ2n) is 2.99. The fraction of sp³-hybridized carbons (Fsp3) is 0.778. The van der Waals surface area contributed by atoms with E-state index < -0.39 is 5.60 Å². The summed E-state index contributed by atoms with van der Waals surface area (Å²) in [7, 11) is 0. The van der Waals surface area contributed by atoms with Crippen LogP contribution >= 0.6 is 0 Å². The maximum Gasteiger partial charge on any atom is 0.123 e. The number of rotatable bonds is 3. The van der Waals surface area contributed by atoms with E-state index in [0.717, 1.165) is 12.8 Å². The zero-order chi connectivity index (χ0) is 8.74. The Labute approximate surface area is 68.6 Å². The van der Waals surface area contributed by atoms with Crippen LogP contribution in [-0.4, -0.2) is 17.3 Å². The second-order valence-corrected chi connectivity index (χ2v) is 2.99. The molecular weight excluding hydrogens is 140 g/mol. The number of hydrogen-bond donors (Lipinski definition) is 1. The Kier molecular flexibility index (Phi) is 4.72. The minimum atomic E-state index is -0.938. The Morgan fingerprint density at radius 2 is 2.09 bits per heavy atom. The predicted octanol–water partition coefficient (Wildman–Crippen LogP) is 1.53. The van der Waals surface area contributed by atoms with Gasteiger partial charge >= 0.3 is 0 Å². The molecule has 0 aliphatic heterocycles. The van der Waals surface area contributed by atoms with Gasteiger partial charge in [-0.1, -0.05) is 13.3 Å². The van der Waals surface area contributed by atoms with E-state index >= 15 is 0 Å². The van der Waals surface area contributed by atoms with Crippen LogP contribution in [0.25, 0.3) is 0 Å². The average Bonchev–Trinajstić information content (AvgIpc) is 1.85. The molecule has 0 aromatic rings. The molecule has 1 N–H and O–H groups in total. The van der Waals surface area contributed by atoms with E-state index in [9.17, 15) is 0 Å². The van der Waals surface area contributed by atoms with Gasteiger partial charge < -0.3 is 9.84 Å². The van der Waals surface area contributed by atoms with Crippen molar-refractivity contribution < 1.29 is 9.84 Å². The van der Waals surface area contributed by atoms with Gasteiger partial charge in [0.2, 0.25) is 0 Å². The lowest BCUT2D eigenvalue weighted by Crippen LogP contribution is -2.14. The zero-order valence-corrected chi connectivity index (χ0v) is 7.48. The van der Waals surface area contributed by atoms with Gasteiger partial charge in [0.1, 0.15) is 18.3 Å². The molecule has 0 fully saturated rings. The molecule has 2 nitrogen and oxygen atoms in total. The molecule has 0 saturated carbocycles. The molecule has 0 heterocycles. The molecule has 0 saturated heterocycles. The van der Waals surface area contributed by atoms with Gasteiger partial charge in [-0.2, -0.15) is 0 Å². The van der Waals surface area contributed by atoms with Crippen molar-refractivity contribution in [2.75, 3.05) is 6.61 Å². The van der Waals surface area contributed by atoms with Crippen molar-refractivity contribution in [1.82, 2.24) is 0 Å². The highest BCUT2D eigenvalue weighted by Gasteiger charge is 2.05. The molecule has 64 valence electrons. The molecule has 0 spiro atoms. The van der Waals surface area contributed by atoms with E-state index in [2.05, 4.69) is 19.0 Å². The lowest BCUT2D eigenvalue weighted by molar-refractivity contribution is 0.141. The van der Waals surface area contributed by atoms with E-state index in [0.29, 0.717) is 6.61 Å². The summed E-state index contributed by atoms with van der Waals surface area (Å²) in [5.41, 5.74) is -0.938. The van der Waals surface area contributed by atoms with Crippen LogP contribution in [0.3, 0.4) is 0 Å². The molecule has 0 aromatic heterocycles. The highest BCUT2D eigenvalue weighted by molar-refractivity contribution is 5.05. The summed E-state index contributed by atoms with van der Waals surface area (Å²) in [5.74, 6) is 2.56. The van der Waals surface area contributed by atoms with Crippen LogP contribution in [0.4, 0.5) is 0 Å². The lowest BCUT2D eigenvalue weighted by Gasteiger charge is -2.05. The van der Waals surface area contributed by atoms with Crippen molar-refractivity contribution in [3.8, 4) is 12.0 Å². The highest BCUT2D eigenvalue weighted by atomic mass is 16.5. The lowest BCUT2D eigenvalue weighted by atomic mass is 10.2. The van der Waals surface area contributed by atoms with Crippen LogP contribution in [0.2, 0.25) is 0 Å². The highest BCUT2D eigenvalue weighted by Crippen LogP contribution is 1.96. The molecular formula is C9H16O2. The molecule has 0 aliphatic carbocycles. The average molecular weight is 156 g/mol. The molecule has 0 aliphatic rings. The number of unbranched alkanes of at least 4 members (excludes halogenated alkanes) is 1. The molecule has 0 radical (unpaired) electrons. The van der Waals surface area contributed by atoms with Crippen LogP contribution in [0.15, 0.2) is 0 Å². The molecule has 0 amide bonds. The first kappa shape index (κ1) is 10.3. The topological polar surface area (TPSA) is 29.5 Å². The SMILES string of the molecule is CCCCOC#CC(C)(C)O. The summed E-state index contributed by atoms with van der Waals surface area (Å²) in [4.78, 5) is 0. The first-order valence-corrected chi connectivity index (χ1v) is 3.92. The standard InChI is InChI=1S/C9H16O2/c1-4-5-7-11-8-6-9(2,3)10/h10H,4-5,7H2,1-3H3. The van der Waals surface area contributed by atoms with E-state index in [1.165, 1.54) is 0 Å². The second kappa shape index (κ2) is 5.03. The fourth-order valence-electron chi connectivity index (χ4n) is 0.429. The zero-order valence-electron chi connectivity index (χ0n) is 7.48. The van der Waals surface area contributed by atoms with Crippen molar-refractivity contribution in [2.24, 2.45) is 0 Å². The molecule has 0 bridgehead atoms. The van der Waals surface area contributed by atoms with Crippen molar-refractivity contribution in [3.05, 3.63) is 0 Å². The first-order valence-electron chi connectivity index (χ1n) is 3.92. The summed E-state index contributed by atoms with van der Waals surface area (Å²) in [6.45, 7) is 6.00. The summed E-state index contributed by atoms with van der Waals surface area (Å²) in [6.07, 6.45) is 4.58. The minimum Gasteiger partial charge on any atom is -0.447 e. The van der Waals surface area contributed by atoms with Crippen LogP contribution in [0.5, 0.6) is 0 Å². The van der Waals surface area contributed by atoms with Crippen molar-refractivity contribution >= 4 is 0 Å². The Morgan fingerprint density at radius 3 is 2.55 bits per heavy atom. The smallest absolute Gasteiger partial charge is 0.123 e. The third-order valence-electron chi connectivity index (χ3n) is 1.03. The molecule has 0 atom stereocenters. The van der Waals surface area contributed by atoms with E-state index in [1.807, 2.05) is 0 Å². The normalized spacial score (nSPS) is 10.2. The molecule has 0 rings (SSSR count). The van der Waals surface area contributed by atoms with Crippen LogP contribution in [0.1, 0.15) is 33.6 Å². The number of aliphatic hydroxyl groups is 1. The van der Waals surface area contributed by atoms with Crippen LogP contribution < -0.4 is 0 Å². The Bertz CT molecular complexity index is 145. The molecule has 2 heteroatoms. The van der Waals surface area contributed by atoms with Gasteiger partial charge in [-0.05, 0) is 26.2 Å². The van der Waals surface area contributed by atoms with Gasteiger partial charge in [-0.3, -0.25) is 0 Å². The van der Waals surface area contributed by atoms with Crippen LogP contribution in [-0.2, 0) is 4.74 Å². The quantitative estimate of drug-likeness (QED) is 0.496. The van der Waals surface area contributed by atoms with Crippen molar-refractivity contribution in [3.63, 3.8) is 0 Å². The van der Waals surface area contributed by atoms with Gasteiger partial charge in [0, 0.05) is 0 Å². The minimum absolute atomic E-state index is 0.652. The largest absolute Gasteiger partial charge is 0.447 e. The monoisotopic (exact) mass is 156 g/mol. The van der Waals surface area contributed by atoms with E-state index in [-0.39, 0.29) is 0 Å². The Balaban J connectivity index is 3.41. The number of ether oxygens (including phenoxy) is 1. The fourth-order valence-corrected chi connectivity index (χ4v) is 0.429. The summed E-state index contributed by atoms with van der Waals surface area (Å²) in [6, 6.07) is 0. The first-order chi connectivity index (χ1) is 5.06. The predicted molar refractivity (Wildman–Crippen MR) is 44.9 cm³/mol. The van der Waals surface area contributed by atoms with Crippen molar-refractivity contribution in [1.29, 1.82) is 0 Å². The van der Waals surface area contributed by atoms with Crippen LogP contribution in [0, 0.1) is 12.0 Å². The molecule has 0 unspecified atom stereocenters. The summed E-state index contributed by atoms with van der Waals surface area (Å²) >= 11 is 0. The van der Waals surface area contributed by atoms with Gasteiger partial charge in [-0.15, -0.1) is 0 Å². The third kappa shape index (κ3) is 9.32. The summed E-state index contributed by atoms with van der Waals surface area (Å²) in [5, 5.41) is 9.12. The maximum absolute atomic E-state index is 9.12.